The zero-order chi connectivity index (χ0) is 14.3. The number of carbonyl (C=O) groups is 1. The first kappa shape index (κ1) is 13.7. The minimum absolute atomic E-state index is 0.00843. The molecule has 3 rings (SSSR count). The van der Waals surface area contributed by atoms with E-state index in [0.717, 1.165) is 24.3 Å². The summed E-state index contributed by atoms with van der Waals surface area (Å²) in [5.41, 5.74) is 8.17. The molecule has 0 radical (unpaired) electrons. The molecule has 4 N–H and O–H groups in total. The van der Waals surface area contributed by atoms with Gasteiger partial charge in [0.05, 0.1) is 10.7 Å². The highest BCUT2D eigenvalue weighted by molar-refractivity contribution is 7.18. The maximum Gasteiger partial charge on any atom is 0.263 e. The van der Waals surface area contributed by atoms with Gasteiger partial charge in [0.25, 0.3) is 5.91 Å². The molecule has 1 aromatic heterocycles. The van der Waals surface area contributed by atoms with E-state index in [2.05, 4.69) is 24.5 Å². The standard InChI is InChI=1S/C15H23N3OS/c1-3-8(2)17-15-11(9-4-5-9)12(16)13(20-15)14(19)18-10-6-7-10/h8-10,17H,3-7,16H2,1-2H3,(H,18,19). The molecule has 0 bridgehead atoms. The van der Waals surface area contributed by atoms with Crippen LogP contribution in [0.5, 0.6) is 0 Å². The highest BCUT2D eigenvalue weighted by atomic mass is 32.1. The van der Waals surface area contributed by atoms with Gasteiger partial charge >= 0.3 is 0 Å². The van der Waals surface area contributed by atoms with Crippen LogP contribution in [0.1, 0.15) is 67.1 Å². The summed E-state index contributed by atoms with van der Waals surface area (Å²) in [7, 11) is 0. The fourth-order valence-electron chi connectivity index (χ4n) is 2.31. The molecular formula is C15H23N3OS. The van der Waals surface area contributed by atoms with Crippen molar-refractivity contribution in [3.05, 3.63) is 10.4 Å². The molecule has 4 nitrogen and oxygen atoms in total. The topological polar surface area (TPSA) is 67.2 Å². The minimum atomic E-state index is 0.00843. The molecule has 2 fully saturated rings. The van der Waals surface area contributed by atoms with E-state index in [1.165, 1.54) is 29.7 Å². The second kappa shape index (κ2) is 5.28. The van der Waals surface area contributed by atoms with Gasteiger partial charge in [-0.1, -0.05) is 6.92 Å². The third-order valence-electron chi connectivity index (χ3n) is 4.08. The van der Waals surface area contributed by atoms with Crippen LogP contribution in [0.2, 0.25) is 0 Å². The molecule has 0 spiro atoms. The van der Waals surface area contributed by atoms with Gasteiger partial charge in [-0.15, -0.1) is 11.3 Å². The Morgan fingerprint density at radius 3 is 2.65 bits per heavy atom. The molecule has 1 aromatic rings. The summed E-state index contributed by atoms with van der Waals surface area (Å²) < 4.78 is 0. The molecule has 20 heavy (non-hydrogen) atoms. The number of thiophene rings is 1. The van der Waals surface area contributed by atoms with Gasteiger partial charge in [-0.2, -0.15) is 0 Å². The normalized spacial score (nSPS) is 19.7. The monoisotopic (exact) mass is 293 g/mol. The fourth-order valence-corrected chi connectivity index (χ4v) is 3.54. The Morgan fingerprint density at radius 2 is 2.10 bits per heavy atom. The lowest BCUT2D eigenvalue weighted by Crippen LogP contribution is -2.25. The van der Waals surface area contributed by atoms with Gasteiger partial charge in [-0.05, 0) is 44.9 Å². The van der Waals surface area contributed by atoms with Crippen LogP contribution in [0.25, 0.3) is 0 Å². The lowest BCUT2D eigenvalue weighted by atomic mass is 10.1. The number of nitrogens with two attached hydrogens (primary N) is 1. The SMILES string of the molecule is CCC(C)Nc1sc(C(=O)NC2CC2)c(N)c1C1CC1. The van der Waals surface area contributed by atoms with E-state index in [-0.39, 0.29) is 5.91 Å². The zero-order valence-electron chi connectivity index (χ0n) is 12.2. The minimum Gasteiger partial charge on any atom is -0.397 e. The first-order valence-corrected chi connectivity index (χ1v) is 8.41. The molecule has 0 aromatic carbocycles. The van der Waals surface area contributed by atoms with Crippen molar-refractivity contribution in [3.63, 3.8) is 0 Å². The summed E-state index contributed by atoms with van der Waals surface area (Å²) in [5, 5.41) is 7.68. The number of carbonyl (C=O) groups excluding carboxylic acids is 1. The summed E-state index contributed by atoms with van der Waals surface area (Å²) in [6.07, 6.45) is 5.65. The predicted molar refractivity (Wildman–Crippen MR) is 84.6 cm³/mol. The average Bonchev–Trinajstić information content (AvgIpc) is 3.31. The van der Waals surface area contributed by atoms with Gasteiger partial charge in [0, 0.05) is 17.6 Å². The van der Waals surface area contributed by atoms with E-state index in [1.54, 1.807) is 0 Å². The van der Waals surface area contributed by atoms with E-state index in [4.69, 9.17) is 5.73 Å². The Bertz CT molecular complexity index is 517. The van der Waals surface area contributed by atoms with Crippen molar-refractivity contribution in [2.45, 2.75) is 64.0 Å². The second-order valence-electron chi connectivity index (χ2n) is 6.06. The van der Waals surface area contributed by atoms with E-state index in [9.17, 15) is 4.79 Å². The van der Waals surface area contributed by atoms with E-state index >= 15 is 0 Å². The maximum atomic E-state index is 12.3. The number of rotatable bonds is 6. The number of nitrogen functional groups attached to an aromatic ring is 1. The Hall–Kier alpha value is -1.23. The van der Waals surface area contributed by atoms with Crippen molar-refractivity contribution in [1.82, 2.24) is 5.32 Å². The highest BCUT2D eigenvalue weighted by Gasteiger charge is 2.34. The molecule has 2 saturated carbocycles. The molecular weight excluding hydrogens is 270 g/mol. The molecule has 2 aliphatic rings. The van der Waals surface area contributed by atoms with Crippen molar-refractivity contribution >= 4 is 27.9 Å². The molecule has 0 saturated heterocycles. The lowest BCUT2D eigenvalue weighted by molar-refractivity contribution is 0.0956. The summed E-state index contributed by atoms with van der Waals surface area (Å²) in [6.45, 7) is 4.32. The largest absolute Gasteiger partial charge is 0.397 e. The molecule has 1 atom stereocenters. The summed E-state index contributed by atoms with van der Waals surface area (Å²) in [6, 6.07) is 0.782. The van der Waals surface area contributed by atoms with Crippen molar-refractivity contribution in [2.24, 2.45) is 0 Å². The third-order valence-corrected chi connectivity index (χ3v) is 5.23. The number of amides is 1. The van der Waals surface area contributed by atoms with Gasteiger partial charge in [-0.3, -0.25) is 4.79 Å². The van der Waals surface area contributed by atoms with E-state index < -0.39 is 0 Å². The first-order valence-electron chi connectivity index (χ1n) is 7.59. The highest BCUT2D eigenvalue weighted by Crippen LogP contribution is 2.51. The number of anilines is 2. The summed E-state index contributed by atoms with van der Waals surface area (Å²) >= 11 is 1.53. The Morgan fingerprint density at radius 1 is 1.40 bits per heavy atom. The van der Waals surface area contributed by atoms with Gasteiger partial charge in [0.15, 0.2) is 0 Å². The molecule has 5 heteroatoms. The van der Waals surface area contributed by atoms with Crippen molar-refractivity contribution < 1.29 is 4.79 Å². The van der Waals surface area contributed by atoms with Crippen LogP contribution in [-0.4, -0.2) is 18.0 Å². The molecule has 2 aliphatic carbocycles. The van der Waals surface area contributed by atoms with Crippen molar-refractivity contribution in [3.8, 4) is 0 Å². The quantitative estimate of drug-likeness (QED) is 0.754. The Kier molecular flexibility index (Phi) is 3.63. The molecule has 1 heterocycles. The van der Waals surface area contributed by atoms with Gasteiger partial charge in [-0.25, -0.2) is 0 Å². The maximum absolute atomic E-state index is 12.3. The number of nitrogens with one attached hydrogen (secondary N) is 2. The van der Waals surface area contributed by atoms with Crippen LogP contribution in [0.4, 0.5) is 10.7 Å². The van der Waals surface area contributed by atoms with E-state index in [1.807, 2.05) is 0 Å². The Balaban J connectivity index is 1.86. The van der Waals surface area contributed by atoms with Crippen LogP contribution in [0, 0.1) is 0 Å². The van der Waals surface area contributed by atoms with E-state index in [0.29, 0.717) is 28.6 Å². The first-order chi connectivity index (χ1) is 9.60. The molecule has 1 unspecified atom stereocenters. The predicted octanol–water partition coefficient (Wildman–Crippen LogP) is 3.31. The number of hydrogen-bond acceptors (Lipinski definition) is 4. The Labute approximate surface area is 124 Å². The number of hydrogen-bond donors (Lipinski definition) is 3. The van der Waals surface area contributed by atoms with Crippen LogP contribution < -0.4 is 16.4 Å². The fraction of sp³-hybridized carbons (Fsp3) is 0.667. The van der Waals surface area contributed by atoms with Gasteiger partial charge in [0.1, 0.15) is 4.88 Å². The smallest absolute Gasteiger partial charge is 0.263 e. The summed E-state index contributed by atoms with van der Waals surface area (Å²) in [4.78, 5) is 13.0. The lowest BCUT2D eigenvalue weighted by Gasteiger charge is -2.13. The van der Waals surface area contributed by atoms with Crippen molar-refractivity contribution in [2.75, 3.05) is 11.1 Å². The second-order valence-corrected chi connectivity index (χ2v) is 7.08. The molecule has 110 valence electrons. The zero-order valence-corrected chi connectivity index (χ0v) is 13.0. The van der Waals surface area contributed by atoms with Gasteiger partial charge < -0.3 is 16.4 Å². The van der Waals surface area contributed by atoms with Crippen LogP contribution in [-0.2, 0) is 0 Å². The molecule has 1 amide bonds. The van der Waals surface area contributed by atoms with Crippen LogP contribution in [0.15, 0.2) is 0 Å². The summed E-state index contributed by atoms with van der Waals surface area (Å²) in [5.74, 6) is 0.564. The molecule has 0 aliphatic heterocycles. The van der Waals surface area contributed by atoms with Crippen molar-refractivity contribution in [1.29, 1.82) is 0 Å². The van der Waals surface area contributed by atoms with Crippen LogP contribution >= 0.6 is 11.3 Å². The van der Waals surface area contributed by atoms with Crippen LogP contribution in [0.3, 0.4) is 0 Å². The average molecular weight is 293 g/mol. The van der Waals surface area contributed by atoms with Gasteiger partial charge in [0.2, 0.25) is 0 Å². The third kappa shape index (κ3) is 2.77.